The minimum absolute atomic E-state index is 0.605. The molecule has 0 amide bonds. The lowest BCUT2D eigenvalue weighted by Gasteiger charge is -2.10. The molecule has 0 aliphatic carbocycles. The molecule has 0 saturated heterocycles. The first-order valence-electron chi connectivity index (χ1n) is 5.92. The van der Waals surface area contributed by atoms with Crippen LogP contribution >= 0.6 is 28.1 Å². The molecule has 2 rings (SSSR count). The molecular formula is C14H15BrN2OS. The summed E-state index contributed by atoms with van der Waals surface area (Å²) in [5, 5.41) is 9.21. The highest BCUT2D eigenvalue weighted by Crippen LogP contribution is 2.22. The maximum atomic E-state index is 5.21. The SMILES string of the molecule is COCCNC(=S)Nc1ccc2cc(Br)ccc2c1. The van der Waals surface area contributed by atoms with Crippen molar-refractivity contribution in [3.8, 4) is 0 Å². The van der Waals surface area contributed by atoms with Crippen LogP contribution in [-0.4, -0.2) is 25.4 Å². The van der Waals surface area contributed by atoms with Gasteiger partial charge in [-0.2, -0.15) is 0 Å². The summed E-state index contributed by atoms with van der Waals surface area (Å²) in [5.41, 5.74) is 0.977. The second-order valence-electron chi connectivity index (χ2n) is 4.08. The molecule has 0 aromatic heterocycles. The maximum absolute atomic E-state index is 5.21. The fraction of sp³-hybridized carbons (Fsp3) is 0.214. The number of nitrogens with one attached hydrogen (secondary N) is 2. The quantitative estimate of drug-likeness (QED) is 0.660. The van der Waals surface area contributed by atoms with Crippen LogP contribution < -0.4 is 10.6 Å². The topological polar surface area (TPSA) is 33.3 Å². The van der Waals surface area contributed by atoms with Crippen molar-refractivity contribution < 1.29 is 4.74 Å². The van der Waals surface area contributed by atoms with E-state index in [1.807, 2.05) is 12.1 Å². The van der Waals surface area contributed by atoms with E-state index in [0.717, 1.165) is 10.2 Å². The van der Waals surface area contributed by atoms with Crippen molar-refractivity contribution in [2.75, 3.05) is 25.6 Å². The highest BCUT2D eigenvalue weighted by atomic mass is 79.9. The standard InChI is InChI=1S/C14H15BrN2OS/c1-18-7-6-16-14(19)17-13-5-3-10-8-12(15)4-2-11(10)9-13/h2-5,8-9H,6-7H2,1H3,(H2,16,17,19). The maximum Gasteiger partial charge on any atom is 0.170 e. The van der Waals surface area contributed by atoms with E-state index in [-0.39, 0.29) is 0 Å². The van der Waals surface area contributed by atoms with Crippen molar-refractivity contribution in [2.24, 2.45) is 0 Å². The van der Waals surface area contributed by atoms with Gasteiger partial charge in [-0.05, 0) is 47.3 Å². The Morgan fingerprint density at radius 2 is 1.95 bits per heavy atom. The van der Waals surface area contributed by atoms with Crippen molar-refractivity contribution in [1.29, 1.82) is 0 Å². The Labute approximate surface area is 126 Å². The second kappa shape index (κ2) is 6.84. The number of ether oxygens (including phenoxy) is 1. The molecule has 3 nitrogen and oxygen atoms in total. The average Bonchev–Trinajstić information content (AvgIpc) is 2.39. The monoisotopic (exact) mass is 338 g/mol. The van der Waals surface area contributed by atoms with Gasteiger partial charge in [0, 0.05) is 23.8 Å². The number of thiocarbonyl (C=S) groups is 1. The Morgan fingerprint density at radius 1 is 1.21 bits per heavy atom. The van der Waals surface area contributed by atoms with Gasteiger partial charge in [-0.15, -0.1) is 0 Å². The van der Waals surface area contributed by atoms with Crippen LogP contribution in [-0.2, 0) is 4.74 Å². The number of fused-ring (bicyclic) bond motifs is 1. The first kappa shape index (κ1) is 14.2. The van der Waals surface area contributed by atoms with Crippen molar-refractivity contribution in [3.05, 3.63) is 40.9 Å². The van der Waals surface area contributed by atoms with Crippen LogP contribution in [0.4, 0.5) is 5.69 Å². The minimum Gasteiger partial charge on any atom is -0.383 e. The molecule has 0 unspecified atom stereocenters. The van der Waals surface area contributed by atoms with Gasteiger partial charge in [-0.25, -0.2) is 0 Å². The molecule has 0 aliphatic rings. The molecule has 19 heavy (non-hydrogen) atoms. The van der Waals surface area contributed by atoms with E-state index in [0.29, 0.717) is 18.3 Å². The van der Waals surface area contributed by atoms with Crippen LogP contribution in [0, 0.1) is 0 Å². The Balaban J connectivity index is 2.05. The van der Waals surface area contributed by atoms with Crippen molar-refractivity contribution in [3.63, 3.8) is 0 Å². The van der Waals surface area contributed by atoms with Crippen LogP contribution in [0.2, 0.25) is 0 Å². The van der Waals surface area contributed by atoms with Gasteiger partial charge < -0.3 is 15.4 Å². The fourth-order valence-electron chi connectivity index (χ4n) is 1.74. The van der Waals surface area contributed by atoms with E-state index in [9.17, 15) is 0 Å². The molecule has 0 radical (unpaired) electrons. The molecule has 0 atom stereocenters. The molecule has 0 aliphatic heterocycles. The van der Waals surface area contributed by atoms with Gasteiger partial charge in [0.05, 0.1) is 6.61 Å². The highest BCUT2D eigenvalue weighted by molar-refractivity contribution is 9.10. The summed E-state index contributed by atoms with van der Waals surface area (Å²) >= 11 is 8.68. The van der Waals surface area contributed by atoms with Gasteiger partial charge in [0.2, 0.25) is 0 Å². The predicted molar refractivity (Wildman–Crippen MR) is 87.7 cm³/mol. The van der Waals surface area contributed by atoms with Crippen LogP contribution in [0.3, 0.4) is 0 Å². The van der Waals surface area contributed by atoms with E-state index < -0.39 is 0 Å². The van der Waals surface area contributed by atoms with Gasteiger partial charge >= 0.3 is 0 Å². The largest absolute Gasteiger partial charge is 0.383 e. The minimum atomic E-state index is 0.605. The van der Waals surface area contributed by atoms with Crippen LogP contribution in [0.25, 0.3) is 10.8 Å². The molecule has 5 heteroatoms. The predicted octanol–water partition coefficient (Wildman–Crippen LogP) is 3.54. The number of benzene rings is 2. The van der Waals surface area contributed by atoms with Gasteiger partial charge in [-0.3, -0.25) is 0 Å². The third-order valence-corrected chi connectivity index (χ3v) is 3.39. The molecule has 0 heterocycles. The number of hydrogen-bond acceptors (Lipinski definition) is 2. The lowest BCUT2D eigenvalue weighted by Crippen LogP contribution is -2.31. The zero-order chi connectivity index (χ0) is 13.7. The van der Waals surface area contributed by atoms with E-state index in [1.54, 1.807) is 7.11 Å². The number of halogens is 1. The molecule has 2 aromatic carbocycles. The first-order chi connectivity index (χ1) is 9.19. The summed E-state index contributed by atoms with van der Waals surface area (Å²) in [6.45, 7) is 1.33. The smallest absolute Gasteiger partial charge is 0.170 e. The Bertz CT molecular complexity index is 589. The molecule has 0 bridgehead atoms. The van der Waals surface area contributed by atoms with Gasteiger partial charge in [0.25, 0.3) is 0 Å². The first-order valence-corrected chi connectivity index (χ1v) is 7.12. The summed E-state index contributed by atoms with van der Waals surface area (Å²) in [6, 6.07) is 12.4. The Kier molecular flexibility index (Phi) is 5.13. The number of methoxy groups -OCH3 is 1. The van der Waals surface area contributed by atoms with E-state index in [4.69, 9.17) is 17.0 Å². The zero-order valence-electron chi connectivity index (χ0n) is 10.6. The lowest BCUT2D eigenvalue weighted by molar-refractivity contribution is 0.204. The molecule has 2 N–H and O–H groups in total. The van der Waals surface area contributed by atoms with Gasteiger partial charge in [-0.1, -0.05) is 28.1 Å². The second-order valence-corrected chi connectivity index (χ2v) is 5.40. The Hall–Kier alpha value is -1.17. The molecule has 0 saturated carbocycles. The van der Waals surface area contributed by atoms with E-state index in [2.05, 4.69) is 50.8 Å². The fourth-order valence-corrected chi connectivity index (χ4v) is 2.33. The third kappa shape index (κ3) is 4.16. The summed E-state index contributed by atoms with van der Waals surface area (Å²) in [4.78, 5) is 0. The third-order valence-electron chi connectivity index (χ3n) is 2.65. The molecule has 100 valence electrons. The summed E-state index contributed by atoms with van der Waals surface area (Å²) in [6.07, 6.45) is 0. The van der Waals surface area contributed by atoms with Gasteiger partial charge in [0.1, 0.15) is 0 Å². The molecule has 0 spiro atoms. The van der Waals surface area contributed by atoms with Crippen LogP contribution in [0.1, 0.15) is 0 Å². The summed E-state index contributed by atoms with van der Waals surface area (Å²) < 4.78 is 6.04. The van der Waals surface area contributed by atoms with Crippen LogP contribution in [0.15, 0.2) is 40.9 Å². The van der Waals surface area contributed by atoms with Crippen molar-refractivity contribution in [1.82, 2.24) is 5.32 Å². The zero-order valence-corrected chi connectivity index (χ0v) is 13.0. The summed E-state index contributed by atoms with van der Waals surface area (Å²) in [5.74, 6) is 0. The lowest BCUT2D eigenvalue weighted by atomic mass is 10.1. The van der Waals surface area contributed by atoms with Crippen molar-refractivity contribution in [2.45, 2.75) is 0 Å². The molecule has 0 fully saturated rings. The summed E-state index contributed by atoms with van der Waals surface area (Å²) in [7, 11) is 1.67. The van der Waals surface area contributed by atoms with Crippen LogP contribution in [0.5, 0.6) is 0 Å². The normalized spacial score (nSPS) is 10.4. The molecular weight excluding hydrogens is 324 g/mol. The van der Waals surface area contributed by atoms with E-state index >= 15 is 0 Å². The van der Waals surface area contributed by atoms with E-state index in [1.165, 1.54) is 10.8 Å². The number of hydrogen-bond donors (Lipinski definition) is 2. The number of anilines is 1. The average molecular weight is 339 g/mol. The molecule has 2 aromatic rings. The number of rotatable bonds is 4. The Morgan fingerprint density at radius 3 is 2.74 bits per heavy atom. The van der Waals surface area contributed by atoms with Gasteiger partial charge in [0.15, 0.2) is 5.11 Å². The van der Waals surface area contributed by atoms with Crippen molar-refractivity contribution >= 4 is 49.7 Å². The highest BCUT2D eigenvalue weighted by Gasteiger charge is 2.00.